The lowest BCUT2D eigenvalue weighted by Crippen LogP contribution is -2.44. The number of benzene rings is 1. The first-order valence-corrected chi connectivity index (χ1v) is 7.98. The Labute approximate surface area is 126 Å². The fourth-order valence-corrected chi connectivity index (χ4v) is 3.71. The number of halogens is 1. The molecule has 4 heteroatoms. The Morgan fingerprint density at radius 3 is 2.80 bits per heavy atom. The predicted octanol–water partition coefficient (Wildman–Crippen LogP) is 3.41. The topological polar surface area (TPSA) is 15.7 Å². The van der Waals surface area contributed by atoms with E-state index >= 15 is 0 Å². The van der Waals surface area contributed by atoms with E-state index in [0.717, 1.165) is 18.8 Å². The molecule has 0 N–H and O–H groups in total. The lowest BCUT2D eigenvalue weighted by atomic mass is 10.0. The highest BCUT2D eigenvalue weighted by molar-refractivity contribution is 6.32. The summed E-state index contributed by atoms with van der Waals surface area (Å²) in [6, 6.07) is 6.86. The summed E-state index contributed by atoms with van der Waals surface area (Å²) >= 11 is 6.26. The minimum atomic E-state index is 0.703. The van der Waals surface area contributed by atoms with Crippen molar-refractivity contribution in [2.24, 2.45) is 0 Å². The summed E-state index contributed by atoms with van der Waals surface area (Å²) in [7, 11) is 1.66. The van der Waals surface area contributed by atoms with Crippen molar-refractivity contribution >= 4 is 17.3 Å². The van der Waals surface area contributed by atoms with Gasteiger partial charge in [0.1, 0.15) is 5.75 Å². The molecule has 2 aliphatic rings. The van der Waals surface area contributed by atoms with Crippen molar-refractivity contribution < 1.29 is 4.74 Å². The van der Waals surface area contributed by atoms with E-state index in [2.05, 4.69) is 15.9 Å². The monoisotopic (exact) mass is 294 g/mol. The minimum Gasteiger partial charge on any atom is -0.495 e. The highest BCUT2D eigenvalue weighted by Crippen LogP contribution is 2.31. The molecule has 2 saturated heterocycles. The van der Waals surface area contributed by atoms with Gasteiger partial charge in [0.15, 0.2) is 0 Å². The number of fused-ring (bicyclic) bond motifs is 1. The van der Waals surface area contributed by atoms with E-state index in [1.807, 2.05) is 12.1 Å². The zero-order valence-corrected chi connectivity index (χ0v) is 12.9. The summed E-state index contributed by atoms with van der Waals surface area (Å²) in [6.07, 6.45) is 5.31. The van der Waals surface area contributed by atoms with E-state index in [0.29, 0.717) is 11.1 Å². The van der Waals surface area contributed by atoms with Crippen molar-refractivity contribution in [2.45, 2.75) is 31.7 Å². The van der Waals surface area contributed by atoms with Gasteiger partial charge in [0, 0.05) is 31.4 Å². The van der Waals surface area contributed by atoms with E-state index in [9.17, 15) is 0 Å². The van der Waals surface area contributed by atoms with Gasteiger partial charge in [-0.15, -0.1) is 0 Å². The Kier molecular flexibility index (Phi) is 4.37. The standard InChI is InChI=1S/C16H23ClN2O/c1-20-16-7-6-13(11-15(16)17)19-10-4-9-18-8-3-2-5-14(18)12-19/h6-7,11,14H,2-5,8-10,12H2,1H3. The van der Waals surface area contributed by atoms with Crippen LogP contribution in [0.15, 0.2) is 18.2 Å². The number of piperidine rings is 1. The molecule has 0 saturated carbocycles. The first-order chi connectivity index (χ1) is 9.78. The fraction of sp³-hybridized carbons (Fsp3) is 0.625. The van der Waals surface area contributed by atoms with Crippen LogP contribution in [0, 0.1) is 0 Å². The van der Waals surface area contributed by atoms with Crippen LogP contribution in [0.3, 0.4) is 0 Å². The van der Waals surface area contributed by atoms with E-state index in [-0.39, 0.29) is 0 Å². The zero-order valence-electron chi connectivity index (χ0n) is 12.1. The van der Waals surface area contributed by atoms with Gasteiger partial charge in [-0.3, -0.25) is 4.90 Å². The van der Waals surface area contributed by atoms with Crippen molar-refractivity contribution in [3.05, 3.63) is 23.2 Å². The van der Waals surface area contributed by atoms with Crippen LogP contribution in [0.25, 0.3) is 0 Å². The van der Waals surface area contributed by atoms with Gasteiger partial charge < -0.3 is 9.64 Å². The molecule has 0 aromatic heterocycles. The van der Waals surface area contributed by atoms with Crippen molar-refractivity contribution in [3.8, 4) is 5.75 Å². The second-order valence-corrected chi connectivity index (χ2v) is 6.21. The average Bonchev–Trinajstić information content (AvgIpc) is 2.69. The van der Waals surface area contributed by atoms with Gasteiger partial charge in [-0.1, -0.05) is 18.0 Å². The van der Waals surface area contributed by atoms with Gasteiger partial charge in [0.25, 0.3) is 0 Å². The maximum atomic E-state index is 6.26. The second-order valence-electron chi connectivity index (χ2n) is 5.80. The van der Waals surface area contributed by atoms with Crippen LogP contribution < -0.4 is 9.64 Å². The summed E-state index contributed by atoms with van der Waals surface area (Å²) in [5.74, 6) is 0.754. The third-order valence-electron chi connectivity index (χ3n) is 4.55. The van der Waals surface area contributed by atoms with Crippen LogP contribution in [0.1, 0.15) is 25.7 Å². The molecule has 0 spiro atoms. The third kappa shape index (κ3) is 2.89. The van der Waals surface area contributed by atoms with Gasteiger partial charge in [0.2, 0.25) is 0 Å². The maximum absolute atomic E-state index is 6.26. The summed E-state index contributed by atoms with van der Waals surface area (Å²) in [5.41, 5.74) is 1.23. The Balaban J connectivity index is 1.77. The molecule has 1 aromatic rings. The molecule has 2 fully saturated rings. The fourth-order valence-electron chi connectivity index (χ4n) is 3.46. The molecular weight excluding hydrogens is 272 g/mol. The number of methoxy groups -OCH3 is 1. The Hall–Kier alpha value is -0.930. The number of ether oxygens (including phenoxy) is 1. The van der Waals surface area contributed by atoms with E-state index in [4.69, 9.17) is 16.3 Å². The van der Waals surface area contributed by atoms with Crippen molar-refractivity contribution in [1.82, 2.24) is 4.90 Å². The SMILES string of the molecule is COc1ccc(N2CCCN3CCCCC3C2)cc1Cl. The molecule has 3 rings (SSSR count). The molecule has 0 aliphatic carbocycles. The molecule has 2 aliphatic heterocycles. The van der Waals surface area contributed by atoms with Crippen molar-refractivity contribution in [3.63, 3.8) is 0 Å². The summed E-state index contributed by atoms with van der Waals surface area (Å²) < 4.78 is 5.24. The Morgan fingerprint density at radius 1 is 1.15 bits per heavy atom. The van der Waals surface area contributed by atoms with Gasteiger partial charge >= 0.3 is 0 Å². The molecular formula is C16H23ClN2O. The molecule has 3 nitrogen and oxygen atoms in total. The summed E-state index contributed by atoms with van der Waals surface area (Å²) in [4.78, 5) is 5.16. The third-order valence-corrected chi connectivity index (χ3v) is 4.85. The highest BCUT2D eigenvalue weighted by Gasteiger charge is 2.27. The van der Waals surface area contributed by atoms with E-state index < -0.39 is 0 Å². The van der Waals surface area contributed by atoms with Gasteiger partial charge in [-0.2, -0.15) is 0 Å². The van der Waals surface area contributed by atoms with Gasteiger partial charge in [-0.25, -0.2) is 0 Å². The highest BCUT2D eigenvalue weighted by atomic mass is 35.5. The normalized spacial score (nSPS) is 24.1. The molecule has 1 aromatic carbocycles. The van der Waals surface area contributed by atoms with Gasteiger partial charge in [0.05, 0.1) is 12.1 Å². The van der Waals surface area contributed by atoms with Crippen LogP contribution in [0.4, 0.5) is 5.69 Å². The lowest BCUT2D eigenvalue weighted by molar-refractivity contribution is 0.162. The zero-order chi connectivity index (χ0) is 13.9. The molecule has 0 amide bonds. The number of anilines is 1. The maximum Gasteiger partial charge on any atom is 0.137 e. The van der Waals surface area contributed by atoms with Crippen LogP contribution in [0.5, 0.6) is 5.75 Å². The first kappa shape index (κ1) is 14.0. The summed E-state index contributed by atoms with van der Waals surface area (Å²) in [5, 5.41) is 0.703. The molecule has 0 radical (unpaired) electrons. The molecule has 0 bridgehead atoms. The van der Waals surface area contributed by atoms with Crippen LogP contribution >= 0.6 is 11.6 Å². The van der Waals surface area contributed by atoms with Crippen LogP contribution in [-0.2, 0) is 0 Å². The predicted molar refractivity (Wildman–Crippen MR) is 84.0 cm³/mol. The molecule has 1 atom stereocenters. The van der Waals surface area contributed by atoms with E-state index in [1.54, 1.807) is 7.11 Å². The summed E-state index contributed by atoms with van der Waals surface area (Å²) in [6.45, 7) is 4.77. The first-order valence-electron chi connectivity index (χ1n) is 7.60. The molecule has 20 heavy (non-hydrogen) atoms. The number of hydrogen-bond donors (Lipinski definition) is 0. The average molecular weight is 295 g/mol. The Morgan fingerprint density at radius 2 is 2.00 bits per heavy atom. The molecule has 1 unspecified atom stereocenters. The number of nitrogens with zero attached hydrogens (tertiary/aromatic N) is 2. The molecule has 110 valence electrons. The van der Waals surface area contributed by atoms with Crippen LogP contribution in [0.2, 0.25) is 5.02 Å². The smallest absolute Gasteiger partial charge is 0.137 e. The van der Waals surface area contributed by atoms with Gasteiger partial charge in [-0.05, 0) is 44.0 Å². The number of hydrogen-bond acceptors (Lipinski definition) is 3. The second kappa shape index (κ2) is 6.23. The number of rotatable bonds is 2. The Bertz CT molecular complexity index is 466. The van der Waals surface area contributed by atoms with Crippen LogP contribution in [-0.4, -0.2) is 44.2 Å². The van der Waals surface area contributed by atoms with E-state index in [1.165, 1.54) is 44.5 Å². The lowest BCUT2D eigenvalue weighted by Gasteiger charge is -2.36. The largest absolute Gasteiger partial charge is 0.495 e. The van der Waals surface area contributed by atoms with Crippen molar-refractivity contribution in [1.29, 1.82) is 0 Å². The minimum absolute atomic E-state index is 0.703. The quantitative estimate of drug-likeness (QED) is 0.831. The van der Waals surface area contributed by atoms with Crippen molar-refractivity contribution in [2.75, 3.05) is 38.2 Å². The molecule has 2 heterocycles.